The molecule has 148 valence electrons. The lowest BCUT2D eigenvalue weighted by atomic mass is 10.1. The first kappa shape index (κ1) is 22.1. The van der Waals surface area contributed by atoms with Crippen molar-refractivity contribution in [1.29, 1.82) is 0 Å². The Kier molecular flexibility index (Phi) is 8.17. The molecule has 0 aromatic heterocycles. The summed E-state index contributed by atoms with van der Waals surface area (Å²) in [6.45, 7) is 3.01. The van der Waals surface area contributed by atoms with Crippen LogP contribution in [0.1, 0.15) is 24.2 Å². The van der Waals surface area contributed by atoms with E-state index in [0.717, 1.165) is 0 Å². The van der Waals surface area contributed by atoms with Gasteiger partial charge in [-0.3, -0.25) is 25.2 Å². The van der Waals surface area contributed by atoms with Crippen molar-refractivity contribution >= 4 is 52.6 Å². The second-order valence-corrected chi connectivity index (χ2v) is 7.60. The number of ketones is 1. The fraction of sp³-hybridized carbons (Fsp3) is 0.211. The van der Waals surface area contributed by atoms with Crippen molar-refractivity contribution in [1.82, 2.24) is 10.9 Å². The molecule has 1 atom stereocenters. The zero-order chi connectivity index (χ0) is 20.7. The van der Waals surface area contributed by atoms with Gasteiger partial charge < -0.3 is 4.74 Å². The van der Waals surface area contributed by atoms with E-state index in [1.54, 1.807) is 49.4 Å². The molecule has 0 aliphatic rings. The van der Waals surface area contributed by atoms with E-state index in [-0.39, 0.29) is 11.5 Å². The Morgan fingerprint density at radius 1 is 1.07 bits per heavy atom. The summed E-state index contributed by atoms with van der Waals surface area (Å²) in [5, 5.41) is 1.01. The number of carbonyl (C=O) groups excluding carboxylic acids is 3. The minimum Gasteiger partial charge on any atom is -0.481 e. The zero-order valence-corrected chi connectivity index (χ0v) is 17.5. The molecule has 9 heteroatoms. The van der Waals surface area contributed by atoms with Gasteiger partial charge in [0.15, 0.2) is 11.9 Å². The second kappa shape index (κ2) is 10.4. The Morgan fingerprint density at radius 3 is 2.39 bits per heavy atom. The summed E-state index contributed by atoms with van der Waals surface area (Å²) >= 11 is 13.1. The van der Waals surface area contributed by atoms with E-state index >= 15 is 0 Å². The van der Waals surface area contributed by atoms with Crippen molar-refractivity contribution in [3.8, 4) is 5.75 Å². The Labute approximate surface area is 176 Å². The lowest BCUT2D eigenvalue weighted by molar-refractivity contribution is -0.131. The van der Waals surface area contributed by atoms with Crippen molar-refractivity contribution in [2.75, 3.05) is 5.75 Å². The highest BCUT2D eigenvalue weighted by molar-refractivity contribution is 8.00. The summed E-state index contributed by atoms with van der Waals surface area (Å²) in [4.78, 5) is 35.9. The van der Waals surface area contributed by atoms with Gasteiger partial charge in [-0.2, -0.15) is 0 Å². The van der Waals surface area contributed by atoms with Gasteiger partial charge in [-0.05, 0) is 56.3 Å². The average Bonchev–Trinajstić information content (AvgIpc) is 2.67. The molecular weight excluding hydrogens is 423 g/mol. The van der Waals surface area contributed by atoms with E-state index in [0.29, 0.717) is 26.3 Å². The van der Waals surface area contributed by atoms with Gasteiger partial charge in [-0.1, -0.05) is 23.2 Å². The predicted molar refractivity (Wildman–Crippen MR) is 110 cm³/mol. The van der Waals surface area contributed by atoms with Crippen LogP contribution >= 0.6 is 35.0 Å². The third kappa shape index (κ3) is 6.74. The Bertz CT molecular complexity index is 875. The van der Waals surface area contributed by atoms with E-state index in [1.165, 1.54) is 18.7 Å². The Hall–Kier alpha value is -2.22. The predicted octanol–water partition coefficient (Wildman–Crippen LogP) is 3.90. The van der Waals surface area contributed by atoms with E-state index in [9.17, 15) is 14.4 Å². The van der Waals surface area contributed by atoms with E-state index in [2.05, 4.69) is 10.9 Å². The van der Waals surface area contributed by atoms with Crippen LogP contribution in [-0.4, -0.2) is 29.5 Å². The smallest absolute Gasteiger partial charge is 0.279 e. The second-order valence-electron chi connectivity index (χ2n) is 5.74. The Morgan fingerprint density at radius 2 is 1.75 bits per heavy atom. The quantitative estimate of drug-likeness (QED) is 0.387. The number of carbonyl (C=O) groups is 3. The first-order valence-corrected chi connectivity index (χ1v) is 9.94. The average molecular weight is 441 g/mol. The van der Waals surface area contributed by atoms with Gasteiger partial charge in [0.2, 0.25) is 5.91 Å². The number of rotatable bonds is 7. The van der Waals surface area contributed by atoms with Crippen LogP contribution < -0.4 is 15.6 Å². The number of thioether (sulfide) groups is 1. The molecule has 2 amide bonds. The number of ether oxygens (including phenoxy) is 1. The molecule has 0 aliphatic carbocycles. The number of hydrogen-bond donors (Lipinski definition) is 2. The molecule has 0 bridgehead atoms. The number of nitrogens with one attached hydrogen (secondary N) is 2. The number of Topliss-reactive ketones (excluding diaryl/α,β-unsaturated/α-hetero) is 1. The lowest BCUT2D eigenvalue weighted by Crippen LogP contribution is -2.47. The van der Waals surface area contributed by atoms with Crippen molar-refractivity contribution < 1.29 is 19.1 Å². The standard InChI is InChI=1S/C19H18Cl2N2O4S/c1-11(24)13-3-6-15(7-4-13)27-12(2)19(26)23-22-18(25)10-28-17-9-14(20)5-8-16(17)21/h3-9,12H,10H2,1-2H3,(H,22,25)(H,23,26). The first-order chi connectivity index (χ1) is 13.3. The molecule has 2 rings (SSSR count). The molecule has 0 aliphatic heterocycles. The molecule has 2 aromatic carbocycles. The molecule has 28 heavy (non-hydrogen) atoms. The van der Waals surface area contributed by atoms with Gasteiger partial charge in [0.05, 0.1) is 10.8 Å². The molecule has 0 fully saturated rings. The number of amides is 2. The van der Waals surface area contributed by atoms with Gasteiger partial charge in [0, 0.05) is 15.5 Å². The van der Waals surface area contributed by atoms with Gasteiger partial charge in [0.25, 0.3) is 5.91 Å². The van der Waals surface area contributed by atoms with Gasteiger partial charge in [0.1, 0.15) is 5.75 Å². The summed E-state index contributed by atoms with van der Waals surface area (Å²) in [7, 11) is 0. The topological polar surface area (TPSA) is 84.5 Å². The van der Waals surface area contributed by atoms with Crippen molar-refractivity contribution in [3.63, 3.8) is 0 Å². The van der Waals surface area contributed by atoms with E-state index in [1.807, 2.05) is 0 Å². The maximum atomic E-state index is 12.0. The Balaban J connectivity index is 1.78. The summed E-state index contributed by atoms with van der Waals surface area (Å²) < 4.78 is 5.49. The fourth-order valence-corrected chi connectivity index (χ4v) is 3.32. The molecule has 0 heterocycles. The number of hydrazine groups is 1. The monoisotopic (exact) mass is 440 g/mol. The van der Waals surface area contributed by atoms with Crippen molar-refractivity contribution in [2.45, 2.75) is 24.8 Å². The zero-order valence-electron chi connectivity index (χ0n) is 15.1. The first-order valence-electron chi connectivity index (χ1n) is 8.20. The SMILES string of the molecule is CC(=O)c1ccc(OC(C)C(=O)NNC(=O)CSc2cc(Cl)ccc2Cl)cc1. The van der Waals surface area contributed by atoms with Gasteiger partial charge in [-0.15, -0.1) is 11.8 Å². The molecule has 0 saturated carbocycles. The van der Waals surface area contributed by atoms with E-state index in [4.69, 9.17) is 27.9 Å². The minimum atomic E-state index is -0.849. The van der Waals surface area contributed by atoms with Crippen LogP contribution in [0.5, 0.6) is 5.75 Å². The molecule has 0 saturated heterocycles. The third-order valence-electron chi connectivity index (χ3n) is 3.52. The summed E-state index contributed by atoms with van der Waals surface area (Å²) in [6, 6.07) is 11.4. The van der Waals surface area contributed by atoms with E-state index < -0.39 is 17.9 Å². The van der Waals surface area contributed by atoms with Crippen LogP contribution in [0.3, 0.4) is 0 Å². The maximum absolute atomic E-state index is 12.0. The number of hydrogen-bond acceptors (Lipinski definition) is 5. The molecule has 1 unspecified atom stereocenters. The summed E-state index contributed by atoms with van der Waals surface area (Å²) in [5.74, 6) is -0.508. The molecule has 0 spiro atoms. The highest BCUT2D eigenvalue weighted by Gasteiger charge is 2.16. The largest absolute Gasteiger partial charge is 0.481 e. The van der Waals surface area contributed by atoms with Crippen LogP contribution in [-0.2, 0) is 9.59 Å². The van der Waals surface area contributed by atoms with Crippen LogP contribution in [0.15, 0.2) is 47.4 Å². The van der Waals surface area contributed by atoms with Crippen LogP contribution in [0, 0.1) is 0 Å². The van der Waals surface area contributed by atoms with Crippen LogP contribution in [0.4, 0.5) is 0 Å². The normalized spacial score (nSPS) is 11.4. The van der Waals surface area contributed by atoms with Crippen LogP contribution in [0.25, 0.3) is 0 Å². The van der Waals surface area contributed by atoms with Crippen LogP contribution in [0.2, 0.25) is 10.0 Å². The van der Waals surface area contributed by atoms with Gasteiger partial charge >= 0.3 is 0 Å². The fourth-order valence-electron chi connectivity index (χ4n) is 2.03. The van der Waals surface area contributed by atoms with Crippen molar-refractivity contribution in [3.05, 3.63) is 58.1 Å². The highest BCUT2D eigenvalue weighted by Crippen LogP contribution is 2.29. The highest BCUT2D eigenvalue weighted by atomic mass is 35.5. The molecule has 6 nitrogen and oxygen atoms in total. The molecule has 2 aromatic rings. The molecule has 2 N–H and O–H groups in total. The lowest BCUT2D eigenvalue weighted by Gasteiger charge is -2.15. The minimum absolute atomic E-state index is 0.0437. The summed E-state index contributed by atoms with van der Waals surface area (Å²) in [6.07, 6.45) is -0.849. The van der Waals surface area contributed by atoms with Crippen molar-refractivity contribution in [2.24, 2.45) is 0 Å². The third-order valence-corrected chi connectivity index (χ3v) is 5.25. The molecule has 0 radical (unpaired) electrons. The number of halogens is 2. The number of benzene rings is 2. The summed E-state index contributed by atoms with van der Waals surface area (Å²) in [5.41, 5.74) is 5.17. The maximum Gasteiger partial charge on any atom is 0.279 e. The van der Waals surface area contributed by atoms with Gasteiger partial charge in [-0.25, -0.2) is 0 Å². The molecular formula is C19H18Cl2N2O4S.